The molecule has 1 N–H and O–H groups in total. The summed E-state index contributed by atoms with van der Waals surface area (Å²) < 4.78 is 3.84. The Morgan fingerprint density at radius 2 is 2.06 bits per heavy atom. The van der Waals surface area contributed by atoms with E-state index in [1.54, 1.807) is 0 Å². The van der Waals surface area contributed by atoms with Gasteiger partial charge in [0, 0.05) is 30.9 Å². The quantitative estimate of drug-likeness (QED) is 0.812. The third-order valence-electron chi connectivity index (χ3n) is 2.58. The fourth-order valence-electron chi connectivity index (χ4n) is 1.73. The van der Waals surface area contributed by atoms with E-state index in [1.807, 2.05) is 6.92 Å². The van der Waals surface area contributed by atoms with Crippen molar-refractivity contribution in [3.63, 3.8) is 0 Å². The average Bonchev–Trinajstić information content (AvgIpc) is 2.72. The lowest BCUT2D eigenvalue weighted by Crippen LogP contribution is -2.39. The molecule has 1 aromatic heterocycles. The molecule has 0 atom stereocenters. The van der Waals surface area contributed by atoms with Gasteiger partial charge in [-0.25, -0.2) is 0 Å². The number of aromatic nitrogens is 2. The van der Waals surface area contributed by atoms with E-state index in [2.05, 4.69) is 14.9 Å². The third-order valence-corrected chi connectivity index (χ3v) is 3.31. The minimum atomic E-state index is -0.114. The number of nitrogens with one attached hydrogen (secondary N) is 1. The van der Waals surface area contributed by atoms with Gasteiger partial charge in [-0.3, -0.25) is 14.5 Å². The van der Waals surface area contributed by atoms with E-state index >= 15 is 0 Å². The van der Waals surface area contributed by atoms with Crippen LogP contribution in [0, 0.1) is 0 Å². The second kappa shape index (κ2) is 5.22. The first kappa shape index (κ1) is 12.0. The summed E-state index contributed by atoms with van der Waals surface area (Å²) in [5.41, 5.74) is 0.667. The van der Waals surface area contributed by atoms with Crippen LogP contribution in [0.3, 0.4) is 0 Å². The summed E-state index contributed by atoms with van der Waals surface area (Å²) in [6, 6.07) is 0. The van der Waals surface area contributed by atoms with Gasteiger partial charge in [-0.15, -0.1) is 5.10 Å². The molecule has 0 unspecified atom stereocenters. The van der Waals surface area contributed by atoms with E-state index < -0.39 is 0 Å². The summed E-state index contributed by atoms with van der Waals surface area (Å²) in [4.78, 5) is 24.6. The first-order valence-electron chi connectivity index (χ1n) is 5.60. The summed E-state index contributed by atoms with van der Waals surface area (Å²) in [6.45, 7) is 2.97. The highest BCUT2D eigenvalue weighted by Gasteiger charge is 2.27. The summed E-state index contributed by atoms with van der Waals surface area (Å²) in [5.74, 6) is -0.228. The lowest BCUT2D eigenvalue weighted by molar-refractivity contribution is -0.148. The van der Waals surface area contributed by atoms with Gasteiger partial charge in [0.25, 0.3) is 0 Å². The molecule has 2 amide bonds. The van der Waals surface area contributed by atoms with Crippen LogP contribution < -0.4 is 5.32 Å². The number of carbonyl (C=O) groups is 2. The predicted molar refractivity (Wildman–Crippen MR) is 63.5 cm³/mol. The molecule has 2 rings (SSSR count). The van der Waals surface area contributed by atoms with E-state index in [4.69, 9.17) is 0 Å². The van der Waals surface area contributed by atoms with Crippen LogP contribution in [0.4, 0.5) is 5.00 Å². The van der Waals surface area contributed by atoms with Crippen LogP contribution in [-0.2, 0) is 16.1 Å². The number of carbonyl (C=O) groups excluding carboxylic acids is 2. The van der Waals surface area contributed by atoms with Crippen molar-refractivity contribution in [2.45, 2.75) is 32.7 Å². The van der Waals surface area contributed by atoms with Gasteiger partial charge in [0.15, 0.2) is 0 Å². The molecule has 0 aliphatic carbocycles. The van der Waals surface area contributed by atoms with Crippen molar-refractivity contribution in [3.05, 3.63) is 5.69 Å². The second-order valence-electron chi connectivity index (χ2n) is 3.81. The molecule has 1 fully saturated rings. The lowest BCUT2D eigenvalue weighted by atomic mass is 10.1. The van der Waals surface area contributed by atoms with Gasteiger partial charge in [-0.2, -0.15) is 0 Å². The Morgan fingerprint density at radius 3 is 2.71 bits per heavy atom. The van der Waals surface area contributed by atoms with Crippen LogP contribution in [-0.4, -0.2) is 32.8 Å². The number of likely N-dealkylation sites (tertiary alicyclic amines) is 1. The molecule has 6 nitrogen and oxygen atoms in total. The van der Waals surface area contributed by atoms with Crippen LogP contribution in [0.1, 0.15) is 31.9 Å². The van der Waals surface area contributed by atoms with Gasteiger partial charge in [0.1, 0.15) is 10.7 Å². The monoisotopic (exact) mass is 254 g/mol. The molecule has 0 spiro atoms. The molecule has 0 saturated carbocycles. The van der Waals surface area contributed by atoms with E-state index in [9.17, 15) is 9.59 Å². The normalized spacial score (nSPS) is 16.4. The first-order valence-corrected chi connectivity index (χ1v) is 6.38. The second-order valence-corrected chi connectivity index (χ2v) is 4.56. The third kappa shape index (κ3) is 2.60. The van der Waals surface area contributed by atoms with Crippen molar-refractivity contribution in [3.8, 4) is 0 Å². The smallest absolute Gasteiger partial charge is 0.229 e. The van der Waals surface area contributed by atoms with Gasteiger partial charge in [0.2, 0.25) is 11.8 Å². The zero-order chi connectivity index (χ0) is 12.3. The topological polar surface area (TPSA) is 75.2 Å². The number of rotatable bonds is 4. The van der Waals surface area contributed by atoms with Crippen molar-refractivity contribution in [2.24, 2.45) is 0 Å². The maximum absolute atomic E-state index is 11.6. The molecular formula is C10H14N4O2S. The van der Waals surface area contributed by atoms with Crippen molar-refractivity contribution in [2.75, 3.05) is 11.9 Å². The Bertz CT molecular complexity index is 416. The summed E-state index contributed by atoms with van der Waals surface area (Å²) in [5, 5.41) is 7.91. The van der Waals surface area contributed by atoms with Gasteiger partial charge < -0.3 is 5.32 Å². The Labute approximate surface area is 103 Å². The number of anilines is 1. The van der Waals surface area contributed by atoms with Crippen LogP contribution in [0.15, 0.2) is 0 Å². The van der Waals surface area contributed by atoms with E-state index in [-0.39, 0.29) is 18.4 Å². The molecule has 17 heavy (non-hydrogen) atoms. The summed E-state index contributed by atoms with van der Waals surface area (Å²) in [7, 11) is 0. The first-order chi connectivity index (χ1) is 8.22. The predicted octanol–water partition coefficient (Wildman–Crippen LogP) is 1.01. The number of amides is 2. The summed E-state index contributed by atoms with van der Waals surface area (Å²) >= 11 is 1.24. The molecule has 1 aliphatic heterocycles. The van der Waals surface area contributed by atoms with E-state index in [0.717, 1.165) is 11.5 Å². The molecule has 1 aliphatic rings. The van der Waals surface area contributed by atoms with Crippen molar-refractivity contribution >= 4 is 28.3 Å². The standard InChI is InChI=1S/C10H14N4O2S/c1-2-11-10-7(12-13-17-10)6-14-8(15)4-3-5-9(14)16/h11H,2-6H2,1H3. The van der Waals surface area contributed by atoms with E-state index in [1.165, 1.54) is 16.4 Å². The number of hydrogen-bond donors (Lipinski definition) is 1. The fraction of sp³-hybridized carbons (Fsp3) is 0.600. The molecule has 0 bridgehead atoms. The average molecular weight is 254 g/mol. The highest BCUT2D eigenvalue weighted by molar-refractivity contribution is 7.10. The lowest BCUT2D eigenvalue weighted by Gasteiger charge is -2.24. The number of hydrogen-bond acceptors (Lipinski definition) is 6. The molecule has 1 saturated heterocycles. The van der Waals surface area contributed by atoms with Gasteiger partial charge in [0.05, 0.1) is 6.54 Å². The number of piperidine rings is 1. The van der Waals surface area contributed by atoms with E-state index in [0.29, 0.717) is 25.0 Å². The molecular weight excluding hydrogens is 240 g/mol. The maximum atomic E-state index is 11.6. The van der Waals surface area contributed by atoms with Crippen LogP contribution in [0.5, 0.6) is 0 Å². The molecule has 0 aromatic carbocycles. The molecule has 2 heterocycles. The van der Waals surface area contributed by atoms with Gasteiger partial charge in [-0.05, 0) is 13.3 Å². The zero-order valence-corrected chi connectivity index (χ0v) is 10.4. The molecule has 92 valence electrons. The largest absolute Gasteiger partial charge is 0.374 e. The molecule has 0 radical (unpaired) electrons. The Kier molecular flexibility index (Phi) is 3.68. The van der Waals surface area contributed by atoms with Crippen LogP contribution in [0.2, 0.25) is 0 Å². The number of nitrogens with zero attached hydrogens (tertiary/aromatic N) is 3. The minimum absolute atomic E-state index is 0.114. The molecule has 7 heteroatoms. The van der Waals surface area contributed by atoms with Crippen molar-refractivity contribution in [1.29, 1.82) is 0 Å². The maximum Gasteiger partial charge on any atom is 0.229 e. The highest BCUT2D eigenvalue weighted by Crippen LogP contribution is 2.21. The van der Waals surface area contributed by atoms with Crippen molar-refractivity contribution < 1.29 is 9.59 Å². The zero-order valence-electron chi connectivity index (χ0n) is 9.60. The number of imide groups is 1. The SMILES string of the molecule is CCNc1snnc1CN1C(=O)CCCC1=O. The molecule has 1 aromatic rings. The van der Waals surface area contributed by atoms with Crippen LogP contribution >= 0.6 is 11.5 Å². The Balaban J connectivity index is 2.10. The fourth-order valence-corrected chi connectivity index (χ4v) is 2.37. The highest BCUT2D eigenvalue weighted by atomic mass is 32.1. The Hall–Kier alpha value is -1.50. The minimum Gasteiger partial charge on any atom is -0.374 e. The van der Waals surface area contributed by atoms with Gasteiger partial charge >= 0.3 is 0 Å². The van der Waals surface area contributed by atoms with Crippen molar-refractivity contribution in [1.82, 2.24) is 14.5 Å². The summed E-state index contributed by atoms with van der Waals surface area (Å²) in [6.07, 6.45) is 1.54. The Morgan fingerprint density at radius 1 is 1.35 bits per heavy atom. The van der Waals surface area contributed by atoms with Crippen LogP contribution in [0.25, 0.3) is 0 Å². The van der Waals surface area contributed by atoms with Gasteiger partial charge in [-0.1, -0.05) is 4.49 Å².